The Kier molecular flexibility index (Phi) is 6.40. The monoisotopic (exact) mass is 473 g/mol. The van der Waals surface area contributed by atoms with E-state index in [9.17, 15) is 9.59 Å². The summed E-state index contributed by atoms with van der Waals surface area (Å²) >= 11 is 1.43. The van der Waals surface area contributed by atoms with Gasteiger partial charge in [0.1, 0.15) is 4.70 Å². The van der Waals surface area contributed by atoms with E-state index in [0.29, 0.717) is 30.3 Å². The maximum absolute atomic E-state index is 12.8. The number of thiophene rings is 1. The number of piperidine rings is 1. The number of nitrogens with zero attached hydrogens (tertiary/aromatic N) is 3. The van der Waals surface area contributed by atoms with Crippen LogP contribution in [0.25, 0.3) is 21.3 Å². The zero-order valence-electron chi connectivity index (χ0n) is 19.1. The smallest absolute Gasteiger partial charge is 0.270 e. The van der Waals surface area contributed by atoms with Crippen molar-refractivity contribution in [1.82, 2.24) is 20.3 Å². The molecule has 174 valence electrons. The van der Waals surface area contributed by atoms with Gasteiger partial charge in [0.05, 0.1) is 5.52 Å². The van der Waals surface area contributed by atoms with Gasteiger partial charge in [-0.3, -0.25) is 19.6 Å². The summed E-state index contributed by atoms with van der Waals surface area (Å²) in [5, 5.41) is 5.07. The normalized spacial score (nSPS) is 14.4. The highest BCUT2D eigenvalue weighted by Gasteiger charge is 2.26. The average molecular weight is 474 g/mol. The van der Waals surface area contributed by atoms with Crippen LogP contribution in [-0.2, 0) is 11.2 Å². The number of aromatic nitrogens is 3. The first-order valence-corrected chi connectivity index (χ1v) is 12.5. The number of H-pyrrole nitrogens is 1. The van der Waals surface area contributed by atoms with Crippen molar-refractivity contribution in [1.29, 1.82) is 0 Å². The molecule has 34 heavy (non-hydrogen) atoms. The molecule has 1 aliphatic heterocycles. The largest absolute Gasteiger partial charge is 0.356 e. The van der Waals surface area contributed by atoms with Gasteiger partial charge in [-0.15, -0.1) is 11.3 Å². The van der Waals surface area contributed by atoms with E-state index in [2.05, 4.69) is 45.3 Å². The van der Waals surface area contributed by atoms with Crippen LogP contribution in [-0.4, -0.2) is 40.5 Å². The second-order valence-corrected chi connectivity index (χ2v) is 9.63. The number of aromatic amines is 1. The predicted molar refractivity (Wildman–Crippen MR) is 136 cm³/mol. The third-order valence-electron chi connectivity index (χ3n) is 6.34. The van der Waals surface area contributed by atoms with Gasteiger partial charge in [0.15, 0.2) is 0 Å². The molecule has 0 unspecified atom stereocenters. The number of pyridine rings is 1. The standard InChI is InChI=1S/C26H27N5O2S/c1-17-4-2-6-20(14-17)21-16-34-23-22(21)29-26(30-25(23)33)31-12-8-19(9-13-31)24(32)28-11-7-18-5-3-10-27-15-18/h2-6,10,14-16,19H,7-9,11-13H2,1H3,(H,28,32)(H,29,30,33). The van der Waals surface area contributed by atoms with Gasteiger partial charge in [0, 0.05) is 48.9 Å². The molecule has 4 heterocycles. The molecule has 3 aromatic heterocycles. The van der Waals surface area contributed by atoms with Crippen LogP contribution in [0.15, 0.2) is 59.0 Å². The summed E-state index contributed by atoms with van der Waals surface area (Å²) in [4.78, 5) is 39.4. The molecule has 1 aromatic carbocycles. The van der Waals surface area contributed by atoms with E-state index in [4.69, 9.17) is 4.98 Å². The Morgan fingerprint density at radius 3 is 2.85 bits per heavy atom. The van der Waals surface area contributed by atoms with Crippen LogP contribution < -0.4 is 15.8 Å². The van der Waals surface area contributed by atoms with Crippen LogP contribution in [0.2, 0.25) is 0 Å². The molecule has 1 fully saturated rings. The molecule has 2 N–H and O–H groups in total. The Balaban J connectivity index is 1.25. The maximum Gasteiger partial charge on any atom is 0.270 e. The first-order valence-electron chi connectivity index (χ1n) is 11.6. The summed E-state index contributed by atoms with van der Waals surface area (Å²) in [5.74, 6) is 0.657. The van der Waals surface area contributed by atoms with Gasteiger partial charge in [-0.05, 0) is 43.4 Å². The minimum Gasteiger partial charge on any atom is -0.356 e. The minimum absolute atomic E-state index is 0.0235. The van der Waals surface area contributed by atoms with Gasteiger partial charge in [-0.25, -0.2) is 4.98 Å². The van der Waals surface area contributed by atoms with Crippen LogP contribution in [0.5, 0.6) is 0 Å². The van der Waals surface area contributed by atoms with Crippen LogP contribution in [0, 0.1) is 12.8 Å². The number of fused-ring (bicyclic) bond motifs is 1. The third kappa shape index (κ3) is 4.72. The topological polar surface area (TPSA) is 91.0 Å². The molecule has 0 atom stereocenters. The Labute approximate surface area is 201 Å². The van der Waals surface area contributed by atoms with Crippen LogP contribution >= 0.6 is 11.3 Å². The molecule has 7 nitrogen and oxygen atoms in total. The maximum atomic E-state index is 12.8. The number of carbonyl (C=O) groups is 1. The van der Waals surface area contributed by atoms with E-state index < -0.39 is 0 Å². The number of amides is 1. The van der Waals surface area contributed by atoms with Gasteiger partial charge < -0.3 is 10.2 Å². The fourth-order valence-electron chi connectivity index (χ4n) is 4.46. The lowest BCUT2D eigenvalue weighted by Crippen LogP contribution is -2.42. The lowest BCUT2D eigenvalue weighted by Gasteiger charge is -2.31. The fraction of sp³-hybridized carbons (Fsp3) is 0.308. The van der Waals surface area contributed by atoms with Crippen molar-refractivity contribution in [3.63, 3.8) is 0 Å². The van der Waals surface area contributed by atoms with Crippen molar-refractivity contribution in [2.45, 2.75) is 26.2 Å². The number of hydrogen-bond acceptors (Lipinski definition) is 6. The molecule has 0 saturated carbocycles. The second-order valence-electron chi connectivity index (χ2n) is 8.75. The minimum atomic E-state index is -0.112. The molecule has 1 aliphatic rings. The Bertz CT molecular complexity index is 1360. The van der Waals surface area contributed by atoms with Crippen molar-refractivity contribution in [3.8, 4) is 11.1 Å². The van der Waals surface area contributed by atoms with Gasteiger partial charge in [-0.1, -0.05) is 35.9 Å². The number of aryl methyl sites for hydroxylation is 1. The molecule has 0 bridgehead atoms. The third-order valence-corrected chi connectivity index (χ3v) is 7.31. The second kappa shape index (κ2) is 9.77. The van der Waals surface area contributed by atoms with Crippen LogP contribution in [0.3, 0.4) is 0 Å². The molecule has 1 amide bonds. The van der Waals surface area contributed by atoms with Gasteiger partial charge in [-0.2, -0.15) is 0 Å². The molecular formula is C26H27N5O2S. The molecular weight excluding hydrogens is 446 g/mol. The van der Waals surface area contributed by atoms with Crippen molar-refractivity contribution < 1.29 is 4.79 Å². The Hall–Kier alpha value is -3.52. The molecule has 4 aromatic rings. The highest BCUT2D eigenvalue weighted by Crippen LogP contribution is 2.32. The number of carbonyl (C=O) groups excluding carboxylic acids is 1. The summed E-state index contributed by atoms with van der Waals surface area (Å²) in [6.07, 6.45) is 5.81. The highest BCUT2D eigenvalue weighted by atomic mass is 32.1. The molecule has 0 aliphatic carbocycles. The molecule has 8 heteroatoms. The predicted octanol–water partition coefficient (Wildman–Crippen LogP) is 3.93. The molecule has 0 spiro atoms. The van der Waals surface area contributed by atoms with E-state index in [1.807, 2.05) is 29.8 Å². The summed E-state index contributed by atoms with van der Waals surface area (Å²) in [5.41, 5.74) is 4.96. The number of rotatable bonds is 6. The fourth-order valence-corrected chi connectivity index (χ4v) is 5.37. The van der Waals surface area contributed by atoms with Gasteiger partial charge >= 0.3 is 0 Å². The van der Waals surface area contributed by atoms with E-state index in [1.165, 1.54) is 16.9 Å². The Morgan fingerprint density at radius 2 is 2.09 bits per heavy atom. The van der Waals surface area contributed by atoms with E-state index in [-0.39, 0.29) is 17.4 Å². The lowest BCUT2D eigenvalue weighted by molar-refractivity contribution is -0.125. The number of nitrogens with one attached hydrogen (secondary N) is 2. The number of benzene rings is 1. The SMILES string of the molecule is Cc1cccc(-c2csc3c(=O)[nH]c(N4CCC(C(=O)NCCc5cccnc5)CC4)nc23)c1. The van der Waals surface area contributed by atoms with E-state index in [0.717, 1.165) is 41.5 Å². The van der Waals surface area contributed by atoms with Crippen LogP contribution in [0.1, 0.15) is 24.0 Å². The van der Waals surface area contributed by atoms with E-state index >= 15 is 0 Å². The van der Waals surface area contributed by atoms with Crippen molar-refractivity contribution in [2.75, 3.05) is 24.5 Å². The molecule has 1 saturated heterocycles. The van der Waals surface area contributed by atoms with Crippen LogP contribution in [0.4, 0.5) is 5.95 Å². The van der Waals surface area contributed by atoms with Crippen molar-refractivity contribution >= 4 is 33.4 Å². The first-order chi connectivity index (χ1) is 16.6. The summed E-state index contributed by atoms with van der Waals surface area (Å²) in [6, 6.07) is 12.2. The lowest BCUT2D eigenvalue weighted by atomic mass is 9.96. The Morgan fingerprint density at radius 1 is 1.24 bits per heavy atom. The summed E-state index contributed by atoms with van der Waals surface area (Å²) in [6.45, 7) is 4.02. The van der Waals surface area contributed by atoms with Crippen molar-refractivity contribution in [3.05, 3.63) is 75.7 Å². The molecule has 0 radical (unpaired) electrons. The molecule has 5 rings (SSSR count). The van der Waals surface area contributed by atoms with Gasteiger partial charge in [0.25, 0.3) is 5.56 Å². The first kappa shape index (κ1) is 22.3. The summed E-state index contributed by atoms with van der Waals surface area (Å²) in [7, 11) is 0. The van der Waals surface area contributed by atoms with Gasteiger partial charge in [0.2, 0.25) is 11.9 Å². The van der Waals surface area contributed by atoms with E-state index in [1.54, 1.807) is 6.20 Å². The average Bonchev–Trinajstić information content (AvgIpc) is 3.29. The zero-order chi connectivity index (χ0) is 23.5. The quantitative estimate of drug-likeness (QED) is 0.443. The number of hydrogen-bond donors (Lipinski definition) is 2. The van der Waals surface area contributed by atoms with Crippen molar-refractivity contribution in [2.24, 2.45) is 5.92 Å². The zero-order valence-corrected chi connectivity index (χ0v) is 19.9. The summed E-state index contributed by atoms with van der Waals surface area (Å²) < 4.78 is 0.642. The number of anilines is 1. The highest BCUT2D eigenvalue weighted by molar-refractivity contribution is 7.17.